The molecule has 0 bridgehead atoms. The van der Waals surface area contributed by atoms with Gasteiger partial charge in [0.15, 0.2) is 0 Å². The first-order valence-electron chi connectivity index (χ1n) is 9.21. The summed E-state index contributed by atoms with van der Waals surface area (Å²) < 4.78 is 49.6. The number of ether oxygens (including phenoxy) is 2. The van der Waals surface area contributed by atoms with Crippen LogP contribution in [0.15, 0.2) is 24.3 Å². The van der Waals surface area contributed by atoms with E-state index in [1.54, 1.807) is 19.9 Å². The lowest BCUT2D eigenvalue weighted by atomic mass is 9.77. The molecule has 0 unspecified atom stereocenters. The Morgan fingerprint density at radius 3 is 2.60 bits per heavy atom. The summed E-state index contributed by atoms with van der Waals surface area (Å²) >= 11 is 0. The Bertz CT molecular complexity index is 1090. The van der Waals surface area contributed by atoms with E-state index in [1.165, 1.54) is 23.8 Å². The van der Waals surface area contributed by atoms with Crippen molar-refractivity contribution in [3.63, 3.8) is 0 Å². The number of nitrogens with one attached hydrogen (secondary N) is 1. The van der Waals surface area contributed by atoms with E-state index in [0.717, 1.165) is 6.07 Å². The Morgan fingerprint density at radius 2 is 1.97 bits per heavy atom. The monoisotopic (exact) mass is 423 g/mol. The molecular weight excluding hydrogens is 403 g/mol. The molecule has 160 valence electrons. The van der Waals surface area contributed by atoms with Crippen LogP contribution in [0.1, 0.15) is 25.5 Å². The minimum atomic E-state index is -4.89. The van der Waals surface area contributed by atoms with Gasteiger partial charge in [0.2, 0.25) is 5.95 Å². The van der Waals surface area contributed by atoms with E-state index >= 15 is 0 Å². The van der Waals surface area contributed by atoms with E-state index in [9.17, 15) is 18.3 Å². The number of fused-ring (bicyclic) bond motifs is 1. The second kappa shape index (κ2) is 7.01. The maximum absolute atomic E-state index is 13.0. The molecule has 11 heteroatoms. The summed E-state index contributed by atoms with van der Waals surface area (Å²) in [5.41, 5.74) is 0.666. The highest BCUT2D eigenvalue weighted by atomic mass is 19.4. The van der Waals surface area contributed by atoms with Crippen molar-refractivity contribution in [2.75, 3.05) is 12.4 Å². The van der Waals surface area contributed by atoms with Crippen LogP contribution in [-0.2, 0) is 0 Å². The number of aliphatic hydroxyl groups is 1. The minimum Gasteiger partial charge on any atom is -0.497 e. The molecule has 1 aliphatic carbocycles. The summed E-state index contributed by atoms with van der Waals surface area (Å²) in [6.45, 7) is 3.51. The number of aryl methyl sites for hydroxylation is 1. The van der Waals surface area contributed by atoms with E-state index in [-0.39, 0.29) is 23.0 Å². The predicted octanol–water partition coefficient (Wildman–Crippen LogP) is 3.33. The molecule has 1 fully saturated rings. The number of alkyl halides is 3. The van der Waals surface area contributed by atoms with Crippen LogP contribution < -0.4 is 14.8 Å². The number of nitrogens with zero attached hydrogens (tertiary/aromatic N) is 4. The van der Waals surface area contributed by atoms with Crippen LogP contribution in [-0.4, -0.2) is 50.0 Å². The topological polar surface area (TPSA) is 93.8 Å². The normalized spacial score (nSPS) is 21.4. The number of rotatable bonds is 5. The highest BCUT2D eigenvalue weighted by Crippen LogP contribution is 2.38. The lowest BCUT2D eigenvalue weighted by molar-refractivity contribution is -0.274. The third-order valence-corrected chi connectivity index (χ3v) is 4.89. The average molecular weight is 423 g/mol. The Morgan fingerprint density at radius 1 is 1.23 bits per heavy atom. The summed E-state index contributed by atoms with van der Waals surface area (Å²) in [6.07, 6.45) is -3.80. The zero-order valence-electron chi connectivity index (χ0n) is 16.5. The number of hydrogen-bond donors (Lipinski definition) is 2. The smallest absolute Gasteiger partial charge is 0.497 e. The van der Waals surface area contributed by atoms with Crippen LogP contribution in [0.25, 0.3) is 16.8 Å². The van der Waals surface area contributed by atoms with Gasteiger partial charge in [-0.15, -0.1) is 23.4 Å². The molecule has 0 radical (unpaired) electrons. The van der Waals surface area contributed by atoms with Crippen molar-refractivity contribution in [2.24, 2.45) is 0 Å². The van der Waals surface area contributed by atoms with Crippen molar-refractivity contribution in [3.8, 4) is 22.8 Å². The van der Waals surface area contributed by atoms with Crippen LogP contribution >= 0.6 is 0 Å². The van der Waals surface area contributed by atoms with Crippen LogP contribution in [0.4, 0.5) is 19.1 Å². The molecule has 0 atom stereocenters. The van der Waals surface area contributed by atoms with Gasteiger partial charge in [-0.25, -0.2) is 0 Å². The van der Waals surface area contributed by atoms with Crippen molar-refractivity contribution in [2.45, 2.75) is 44.7 Å². The number of halogens is 3. The van der Waals surface area contributed by atoms with Crippen molar-refractivity contribution in [3.05, 3.63) is 30.0 Å². The number of benzene rings is 1. The largest absolute Gasteiger partial charge is 0.573 e. The molecule has 0 aliphatic heterocycles. The van der Waals surface area contributed by atoms with Crippen molar-refractivity contribution < 1.29 is 27.8 Å². The SMILES string of the molecule is COc1ccc(-c2nnc(NC3CC(C)(O)C3)n3nc(C)cc23)c(OC(F)(F)F)c1. The zero-order chi connectivity index (χ0) is 21.7. The van der Waals surface area contributed by atoms with Gasteiger partial charge in [-0.2, -0.15) is 9.61 Å². The number of anilines is 1. The first-order chi connectivity index (χ1) is 14.0. The maximum Gasteiger partial charge on any atom is 0.573 e. The van der Waals surface area contributed by atoms with E-state index in [0.29, 0.717) is 30.0 Å². The van der Waals surface area contributed by atoms with Gasteiger partial charge in [0.05, 0.1) is 23.9 Å². The third kappa shape index (κ3) is 3.97. The molecule has 4 rings (SSSR count). The summed E-state index contributed by atoms with van der Waals surface area (Å²) in [7, 11) is 1.35. The van der Waals surface area contributed by atoms with Crippen molar-refractivity contribution >= 4 is 11.5 Å². The van der Waals surface area contributed by atoms with Gasteiger partial charge >= 0.3 is 6.36 Å². The zero-order valence-corrected chi connectivity index (χ0v) is 16.5. The van der Waals surface area contributed by atoms with Gasteiger partial charge in [-0.05, 0) is 44.9 Å². The van der Waals surface area contributed by atoms with Crippen LogP contribution in [0.3, 0.4) is 0 Å². The highest BCUT2D eigenvalue weighted by molar-refractivity contribution is 5.81. The first-order valence-corrected chi connectivity index (χ1v) is 9.21. The number of methoxy groups -OCH3 is 1. The van der Waals surface area contributed by atoms with Crippen molar-refractivity contribution in [1.29, 1.82) is 0 Å². The Kier molecular flexibility index (Phi) is 4.72. The lowest BCUT2D eigenvalue weighted by Gasteiger charge is -2.41. The molecule has 30 heavy (non-hydrogen) atoms. The van der Waals surface area contributed by atoms with Crippen LogP contribution in [0, 0.1) is 6.92 Å². The maximum atomic E-state index is 13.0. The second-order valence-corrected chi connectivity index (χ2v) is 7.61. The Labute approximate surface area is 169 Å². The molecule has 0 amide bonds. The van der Waals surface area contributed by atoms with Gasteiger partial charge in [-0.3, -0.25) is 0 Å². The molecular formula is C19H20F3N5O3. The summed E-state index contributed by atoms with van der Waals surface area (Å²) in [6, 6.07) is 5.80. The molecule has 2 heterocycles. The molecule has 8 nitrogen and oxygen atoms in total. The van der Waals surface area contributed by atoms with Gasteiger partial charge in [0.25, 0.3) is 0 Å². The van der Waals surface area contributed by atoms with Gasteiger partial charge in [-0.1, -0.05) is 0 Å². The van der Waals surface area contributed by atoms with Gasteiger partial charge < -0.3 is 19.9 Å². The van der Waals surface area contributed by atoms with E-state index in [2.05, 4.69) is 25.3 Å². The summed E-state index contributed by atoms with van der Waals surface area (Å²) in [5.74, 6) is 0.101. The third-order valence-electron chi connectivity index (χ3n) is 4.89. The van der Waals surface area contributed by atoms with Gasteiger partial charge in [0.1, 0.15) is 17.2 Å². The number of hydrogen-bond acceptors (Lipinski definition) is 7. The molecule has 2 aromatic heterocycles. The number of aromatic nitrogens is 4. The molecule has 3 aromatic rings. The minimum absolute atomic E-state index is 0.00188. The van der Waals surface area contributed by atoms with E-state index in [1.807, 2.05) is 0 Å². The summed E-state index contributed by atoms with van der Waals surface area (Å²) in [4.78, 5) is 0. The fraction of sp³-hybridized carbons (Fsp3) is 0.421. The van der Waals surface area contributed by atoms with Gasteiger partial charge in [0, 0.05) is 17.7 Å². The highest BCUT2D eigenvalue weighted by Gasteiger charge is 2.39. The van der Waals surface area contributed by atoms with Crippen LogP contribution in [0.5, 0.6) is 11.5 Å². The molecule has 1 aliphatic rings. The Hall–Kier alpha value is -3.08. The predicted molar refractivity (Wildman–Crippen MR) is 101 cm³/mol. The first kappa shape index (κ1) is 20.2. The molecule has 1 aromatic carbocycles. The fourth-order valence-corrected chi connectivity index (χ4v) is 3.62. The lowest BCUT2D eigenvalue weighted by Crippen LogP contribution is -2.48. The quantitative estimate of drug-likeness (QED) is 0.650. The second-order valence-electron chi connectivity index (χ2n) is 7.61. The molecule has 0 spiro atoms. The van der Waals surface area contributed by atoms with E-state index in [4.69, 9.17) is 4.74 Å². The van der Waals surface area contributed by atoms with Crippen molar-refractivity contribution in [1.82, 2.24) is 19.8 Å². The molecule has 1 saturated carbocycles. The molecule has 0 saturated heterocycles. The fourth-order valence-electron chi connectivity index (χ4n) is 3.62. The average Bonchev–Trinajstić information content (AvgIpc) is 3.01. The van der Waals surface area contributed by atoms with E-state index < -0.39 is 17.7 Å². The molecule has 2 N–H and O–H groups in total. The summed E-state index contributed by atoms with van der Waals surface area (Å²) in [5, 5.41) is 25.8. The standard InChI is InChI=1S/C19H20F3N5O3/c1-10-6-14-16(13-5-4-12(29-3)7-15(13)30-19(20,21)22)24-25-17(27(14)26-10)23-11-8-18(2,28)9-11/h4-7,11,28H,8-9H2,1-3H3,(H,23,25). The Balaban J connectivity index is 1.78. The van der Waals surface area contributed by atoms with Crippen LogP contribution in [0.2, 0.25) is 0 Å².